The lowest BCUT2D eigenvalue weighted by atomic mass is 9.93. The summed E-state index contributed by atoms with van der Waals surface area (Å²) in [5.74, 6) is -1.44. The Kier molecular flexibility index (Phi) is 9.28. The van der Waals surface area contributed by atoms with Gasteiger partial charge in [0.2, 0.25) is 5.91 Å². The largest absolute Gasteiger partial charge is 0.481 e. The molecular weight excluding hydrogens is 579 g/mol. The number of nitrogens with one attached hydrogen (secondary N) is 2. The van der Waals surface area contributed by atoms with E-state index in [0.29, 0.717) is 38.5 Å². The fourth-order valence-corrected chi connectivity index (χ4v) is 4.64. The maximum Gasteiger partial charge on any atom is 0.333 e. The van der Waals surface area contributed by atoms with Gasteiger partial charge in [-0.2, -0.15) is 5.26 Å². The molecule has 9 nitrogen and oxygen atoms in total. The molecule has 0 aromatic heterocycles. The van der Waals surface area contributed by atoms with Crippen molar-refractivity contribution in [2.24, 2.45) is 0 Å². The lowest BCUT2D eigenvalue weighted by Gasteiger charge is -2.17. The topological polar surface area (TPSA) is 133 Å². The van der Waals surface area contributed by atoms with E-state index in [2.05, 4.69) is 15.5 Å². The molecule has 0 heterocycles. The number of amides is 2. The summed E-state index contributed by atoms with van der Waals surface area (Å²) in [6.45, 7) is 9.37. The van der Waals surface area contributed by atoms with E-state index in [0.717, 1.165) is 0 Å². The molecule has 4 aromatic rings. The quantitative estimate of drug-likeness (QED) is 0.168. The van der Waals surface area contributed by atoms with E-state index in [1.807, 2.05) is 6.07 Å². The number of benzene rings is 4. The monoisotopic (exact) mass is 600 g/mol. The van der Waals surface area contributed by atoms with Gasteiger partial charge in [-0.1, -0.05) is 47.5 Å². The maximum absolute atomic E-state index is 13.7. The summed E-state index contributed by atoms with van der Waals surface area (Å²) in [6, 6.07) is 18.7. The number of aliphatic carboxylic acids is 1. The molecular formula is C31H22Cl2N4O5. The number of ether oxygens (including phenoxy) is 1. The van der Waals surface area contributed by atoms with Crippen LogP contribution in [0.4, 0.5) is 11.4 Å². The van der Waals surface area contributed by atoms with Gasteiger partial charge in [0.25, 0.3) is 5.91 Å². The highest BCUT2D eigenvalue weighted by molar-refractivity contribution is 6.37. The summed E-state index contributed by atoms with van der Waals surface area (Å²) in [7, 11) is 0. The Hall–Kier alpha value is -5.09. The van der Waals surface area contributed by atoms with E-state index in [1.165, 1.54) is 12.1 Å². The third-order valence-electron chi connectivity index (χ3n) is 6.25. The molecule has 11 heteroatoms. The second-order valence-corrected chi connectivity index (χ2v) is 9.96. The Morgan fingerprint density at radius 1 is 1.00 bits per heavy atom. The Morgan fingerprint density at radius 3 is 2.33 bits per heavy atom. The van der Waals surface area contributed by atoms with E-state index in [-0.39, 0.29) is 34.7 Å². The fourth-order valence-electron chi connectivity index (χ4n) is 4.21. The number of nitrogens with zero attached hydrogens (tertiary/aromatic N) is 2. The zero-order valence-corrected chi connectivity index (χ0v) is 23.6. The van der Waals surface area contributed by atoms with Gasteiger partial charge in [-0.25, -0.2) is 6.57 Å². The van der Waals surface area contributed by atoms with E-state index in [1.54, 1.807) is 61.5 Å². The molecule has 0 aliphatic rings. The first kappa shape index (κ1) is 29.9. The van der Waals surface area contributed by atoms with Crippen molar-refractivity contribution in [2.45, 2.75) is 25.8 Å². The number of carbonyl (C=O) groups is 3. The van der Waals surface area contributed by atoms with Crippen molar-refractivity contribution < 1.29 is 24.2 Å². The zero-order chi connectivity index (χ0) is 30.4. The van der Waals surface area contributed by atoms with Crippen molar-refractivity contribution in [3.8, 4) is 17.6 Å². The minimum Gasteiger partial charge on any atom is -0.481 e. The predicted octanol–water partition coefficient (Wildman–Crippen LogP) is 7.79. The molecule has 3 N–H and O–H groups in total. The molecule has 1 unspecified atom stereocenters. The second-order valence-electron chi connectivity index (χ2n) is 9.15. The molecule has 0 bridgehead atoms. The Labute approximate surface area is 251 Å². The molecule has 2 amide bonds. The molecule has 42 heavy (non-hydrogen) atoms. The first-order valence-electron chi connectivity index (χ1n) is 12.5. The Morgan fingerprint density at radius 2 is 1.69 bits per heavy atom. The SMILES string of the molecule is [C-]#[N+]C(C#N)c1c(C(=O)Nc2cc(C)c(Cl)cc2Cl)cc(Oc2ccc(NC(=O)CCC(=O)O)cc2)c2ccccc12. The van der Waals surface area contributed by atoms with Gasteiger partial charge in [0.1, 0.15) is 11.5 Å². The van der Waals surface area contributed by atoms with Crippen molar-refractivity contribution in [1.82, 2.24) is 0 Å². The lowest BCUT2D eigenvalue weighted by molar-refractivity contribution is -0.138. The first-order valence-corrected chi connectivity index (χ1v) is 13.2. The molecule has 0 spiro atoms. The summed E-state index contributed by atoms with van der Waals surface area (Å²) in [6.07, 6.45) is -0.443. The number of nitriles is 1. The zero-order valence-electron chi connectivity index (χ0n) is 22.1. The van der Waals surface area contributed by atoms with Gasteiger partial charge in [0, 0.05) is 22.5 Å². The molecule has 0 radical (unpaired) electrons. The Bertz CT molecular complexity index is 1780. The minimum atomic E-state index is -1.27. The molecule has 0 aliphatic heterocycles. The van der Waals surface area contributed by atoms with Crippen LogP contribution in [0.15, 0.2) is 66.7 Å². The van der Waals surface area contributed by atoms with E-state index < -0.39 is 23.8 Å². The molecule has 0 aliphatic carbocycles. The minimum absolute atomic E-state index is 0.0530. The number of halogens is 2. The number of carboxylic acid groups (broad SMARTS) is 1. The third kappa shape index (κ3) is 6.79. The van der Waals surface area contributed by atoms with Gasteiger partial charge in [-0.15, -0.1) is 0 Å². The highest BCUT2D eigenvalue weighted by Gasteiger charge is 2.28. The van der Waals surface area contributed by atoms with E-state index >= 15 is 0 Å². The summed E-state index contributed by atoms with van der Waals surface area (Å²) in [4.78, 5) is 39.8. The van der Waals surface area contributed by atoms with Gasteiger partial charge in [-0.05, 0) is 60.3 Å². The van der Waals surface area contributed by atoms with Crippen LogP contribution in [0.5, 0.6) is 11.5 Å². The standard InChI is InChI=1S/C31H22Cl2N4O5/c1-17-13-25(24(33)15-23(17)32)37-31(41)22-14-27(20-5-3-4-6-21(20)30(22)26(16-34)35-2)42-19-9-7-18(8-10-19)36-28(38)11-12-29(39)40/h3-10,13-15,26H,11-12H2,1H3,(H,36,38)(H,37,41)(H,39,40). The number of anilines is 2. The maximum atomic E-state index is 13.7. The van der Waals surface area contributed by atoms with Gasteiger partial charge in [0.15, 0.2) is 6.07 Å². The summed E-state index contributed by atoms with van der Waals surface area (Å²) in [5, 5.41) is 25.6. The van der Waals surface area contributed by atoms with Crippen LogP contribution in [0, 0.1) is 24.8 Å². The normalized spacial score (nSPS) is 11.2. The van der Waals surface area contributed by atoms with Crippen LogP contribution in [0.25, 0.3) is 15.6 Å². The van der Waals surface area contributed by atoms with Gasteiger partial charge >= 0.3 is 12.0 Å². The highest BCUT2D eigenvalue weighted by atomic mass is 35.5. The van der Waals surface area contributed by atoms with Crippen LogP contribution < -0.4 is 15.4 Å². The number of fused-ring (bicyclic) bond motifs is 1. The van der Waals surface area contributed by atoms with Gasteiger partial charge in [0.05, 0.1) is 28.3 Å². The Balaban J connectivity index is 1.73. The first-order chi connectivity index (χ1) is 20.1. The summed E-state index contributed by atoms with van der Waals surface area (Å²) >= 11 is 12.5. The molecule has 0 saturated carbocycles. The van der Waals surface area contributed by atoms with Crippen molar-refractivity contribution in [3.63, 3.8) is 0 Å². The highest BCUT2D eigenvalue weighted by Crippen LogP contribution is 2.39. The average molecular weight is 601 g/mol. The average Bonchev–Trinajstić information content (AvgIpc) is 2.97. The lowest BCUT2D eigenvalue weighted by Crippen LogP contribution is -2.16. The van der Waals surface area contributed by atoms with Crippen LogP contribution in [0.3, 0.4) is 0 Å². The van der Waals surface area contributed by atoms with E-state index in [4.69, 9.17) is 39.6 Å². The van der Waals surface area contributed by atoms with Crippen molar-refractivity contribution in [1.29, 1.82) is 5.26 Å². The number of rotatable bonds is 9. The number of hydrogen-bond donors (Lipinski definition) is 3. The number of carbonyl (C=O) groups excluding carboxylic acids is 2. The number of carboxylic acids is 1. The van der Waals surface area contributed by atoms with Crippen molar-refractivity contribution in [3.05, 3.63) is 105 Å². The number of aryl methyl sites for hydroxylation is 1. The van der Waals surface area contributed by atoms with Crippen LogP contribution in [0.1, 0.15) is 40.4 Å². The number of hydrogen-bond acceptors (Lipinski definition) is 5. The molecule has 4 rings (SSSR count). The smallest absolute Gasteiger partial charge is 0.333 e. The summed E-state index contributed by atoms with van der Waals surface area (Å²) < 4.78 is 6.16. The van der Waals surface area contributed by atoms with Gasteiger partial charge < -0.3 is 20.5 Å². The van der Waals surface area contributed by atoms with Crippen LogP contribution in [-0.4, -0.2) is 22.9 Å². The fraction of sp³-hybridized carbons (Fsp3) is 0.129. The third-order valence-corrected chi connectivity index (χ3v) is 6.97. The molecule has 0 fully saturated rings. The molecule has 4 aromatic carbocycles. The van der Waals surface area contributed by atoms with Crippen LogP contribution in [0.2, 0.25) is 10.0 Å². The van der Waals surface area contributed by atoms with Crippen molar-refractivity contribution >= 4 is 63.1 Å². The molecule has 0 saturated heterocycles. The van der Waals surface area contributed by atoms with Crippen LogP contribution in [-0.2, 0) is 9.59 Å². The second kappa shape index (κ2) is 13.0. The summed E-state index contributed by atoms with van der Waals surface area (Å²) in [5.41, 5.74) is 1.73. The molecule has 210 valence electrons. The van der Waals surface area contributed by atoms with Gasteiger partial charge in [-0.3, -0.25) is 19.2 Å². The molecule has 1 atom stereocenters. The predicted molar refractivity (Wildman–Crippen MR) is 160 cm³/mol. The van der Waals surface area contributed by atoms with E-state index in [9.17, 15) is 19.6 Å². The van der Waals surface area contributed by atoms with Crippen LogP contribution >= 0.6 is 23.2 Å². The van der Waals surface area contributed by atoms with Crippen molar-refractivity contribution in [2.75, 3.05) is 10.6 Å².